The molecule has 1 heterocycles. The number of rotatable bonds is 2. The first-order chi connectivity index (χ1) is 9.72. The van der Waals surface area contributed by atoms with Crippen molar-refractivity contribution < 1.29 is 9.13 Å². The summed E-state index contributed by atoms with van der Waals surface area (Å²) >= 11 is 6.01. The smallest absolute Gasteiger partial charge is 0.141 e. The minimum atomic E-state index is -0.340. The van der Waals surface area contributed by atoms with Gasteiger partial charge in [-0.25, -0.2) is 4.39 Å². The quantitative estimate of drug-likeness (QED) is 0.823. The molecule has 109 valence electrons. The molecule has 0 bridgehead atoms. The molecule has 1 aliphatic heterocycles. The zero-order chi connectivity index (χ0) is 14.0. The van der Waals surface area contributed by atoms with Crippen LogP contribution in [0, 0.1) is 12.2 Å². The molecule has 0 aromatic heterocycles. The number of ether oxygens (including phenoxy) is 1. The first-order valence-electron chi connectivity index (χ1n) is 7.32. The Morgan fingerprint density at radius 3 is 2.70 bits per heavy atom. The molecule has 2 nitrogen and oxygen atoms in total. The predicted octanol–water partition coefficient (Wildman–Crippen LogP) is 3.78. The fourth-order valence-corrected chi connectivity index (χ4v) is 3.67. The second kappa shape index (κ2) is 6.00. The van der Waals surface area contributed by atoms with Crippen molar-refractivity contribution in [1.29, 1.82) is 0 Å². The molecule has 20 heavy (non-hydrogen) atoms. The van der Waals surface area contributed by atoms with Crippen molar-refractivity contribution in [1.82, 2.24) is 4.90 Å². The molecule has 0 N–H and O–H groups in total. The normalized spacial score (nSPS) is 23.7. The highest BCUT2D eigenvalue weighted by molar-refractivity contribution is 6.30. The molecule has 1 aliphatic carbocycles. The second-order valence-corrected chi connectivity index (χ2v) is 6.05. The molecule has 1 saturated carbocycles. The summed E-state index contributed by atoms with van der Waals surface area (Å²) in [4.78, 5) is 2.50. The average Bonchev–Trinajstić information content (AvgIpc) is 2.51. The molecule has 1 aromatic rings. The van der Waals surface area contributed by atoms with Crippen LogP contribution in [0.1, 0.15) is 31.2 Å². The van der Waals surface area contributed by atoms with Gasteiger partial charge in [-0.05, 0) is 37.0 Å². The molecule has 2 fully saturated rings. The van der Waals surface area contributed by atoms with Gasteiger partial charge in [-0.2, -0.15) is 0 Å². The van der Waals surface area contributed by atoms with Crippen LogP contribution in [0.15, 0.2) is 18.2 Å². The molecular formula is C16H20ClFNO. The molecule has 4 heteroatoms. The summed E-state index contributed by atoms with van der Waals surface area (Å²) in [5.41, 5.74) is 1.11. The van der Waals surface area contributed by atoms with Crippen LogP contribution < -0.4 is 0 Å². The van der Waals surface area contributed by atoms with E-state index in [-0.39, 0.29) is 16.4 Å². The maximum atomic E-state index is 13.5. The summed E-state index contributed by atoms with van der Waals surface area (Å²) in [5, 5.41) is 0.223. The lowest BCUT2D eigenvalue weighted by Gasteiger charge is -2.48. The number of benzene rings is 1. The van der Waals surface area contributed by atoms with E-state index >= 15 is 0 Å². The van der Waals surface area contributed by atoms with Crippen LogP contribution >= 0.6 is 11.6 Å². The van der Waals surface area contributed by atoms with Gasteiger partial charge >= 0.3 is 0 Å². The molecule has 1 atom stereocenters. The monoisotopic (exact) mass is 296 g/mol. The number of morpholine rings is 1. The lowest BCUT2D eigenvalue weighted by atomic mass is 9.75. The van der Waals surface area contributed by atoms with Crippen molar-refractivity contribution in [3.8, 4) is 0 Å². The van der Waals surface area contributed by atoms with Crippen LogP contribution in [0.5, 0.6) is 0 Å². The summed E-state index contributed by atoms with van der Waals surface area (Å²) in [7, 11) is 0. The highest BCUT2D eigenvalue weighted by Gasteiger charge is 2.40. The Morgan fingerprint density at radius 2 is 2.05 bits per heavy atom. The van der Waals surface area contributed by atoms with Crippen molar-refractivity contribution in [3.63, 3.8) is 0 Å². The van der Waals surface area contributed by atoms with Crippen LogP contribution in [-0.2, 0) is 10.3 Å². The Labute approximate surface area is 124 Å². The minimum absolute atomic E-state index is 0.0284. The van der Waals surface area contributed by atoms with Gasteiger partial charge in [-0.15, -0.1) is 0 Å². The average molecular weight is 297 g/mol. The van der Waals surface area contributed by atoms with E-state index in [4.69, 9.17) is 16.3 Å². The largest absolute Gasteiger partial charge is 0.379 e. The van der Waals surface area contributed by atoms with E-state index < -0.39 is 0 Å². The zero-order valence-corrected chi connectivity index (χ0v) is 12.3. The van der Waals surface area contributed by atoms with Crippen LogP contribution in [-0.4, -0.2) is 31.2 Å². The van der Waals surface area contributed by atoms with Crippen molar-refractivity contribution in [2.75, 3.05) is 26.3 Å². The summed E-state index contributed by atoms with van der Waals surface area (Å²) in [6, 6.07) is 5.20. The van der Waals surface area contributed by atoms with Gasteiger partial charge in [0.15, 0.2) is 0 Å². The molecule has 0 amide bonds. The second-order valence-electron chi connectivity index (χ2n) is 5.64. The Morgan fingerprint density at radius 1 is 1.25 bits per heavy atom. The summed E-state index contributed by atoms with van der Waals surface area (Å²) in [6.07, 6.45) is 6.81. The van der Waals surface area contributed by atoms with Crippen LogP contribution in [0.2, 0.25) is 5.02 Å². The third-order valence-electron chi connectivity index (χ3n) is 4.55. The fourth-order valence-electron chi connectivity index (χ4n) is 3.49. The predicted molar refractivity (Wildman–Crippen MR) is 78.2 cm³/mol. The van der Waals surface area contributed by atoms with Crippen LogP contribution in [0.3, 0.4) is 0 Å². The van der Waals surface area contributed by atoms with E-state index in [0.717, 1.165) is 44.7 Å². The number of hydrogen-bond acceptors (Lipinski definition) is 2. The maximum absolute atomic E-state index is 13.5. The topological polar surface area (TPSA) is 12.5 Å². The third kappa shape index (κ3) is 2.59. The van der Waals surface area contributed by atoms with Gasteiger partial charge in [0.2, 0.25) is 0 Å². The number of halogens is 2. The first kappa shape index (κ1) is 14.3. The summed E-state index contributed by atoms with van der Waals surface area (Å²) < 4.78 is 18.9. The molecule has 1 aromatic carbocycles. The van der Waals surface area contributed by atoms with Gasteiger partial charge in [0.05, 0.1) is 18.2 Å². The van der Waals surface area contributed by atoms with Gasteiger partial charge in [-0.1, -0.05) is 30.5 Å². The molecule has 0 spiro atoms. The van der Waals surface area contributed by atoms with E-state index in [9.17, 15) is 4.39 Å². The van der Waals surface area contributed by atoms with E-state index in [2.05, 4.69) is 11.3 Å². The van der Waals surface area contributed by atoms with E-state index in [1.165, 1.54) is 18.9 Å². The van der Waals surface area contributed by atoms with Crippen LogP contribution in [0.4, 0.5) is 4.39 Å². The standard InChI is InChI=1S/C16H20ClFNO/c17-14-12-13(4-5-15(14)18)16(6-2-1-3-7-16)19-8-10-20-11-9-19/h2,4-5,12H,1,3,6-11H2. The molecule has 1 unspecified atom stereocenters. The van der Waals surface area contributed by atoms with Gasteiger partial charge in [0.25, 0.3) is 0 Å². The van der Waals surface area contributed by atoms with Crippen molar-refractivity contribution >= 4 is 11.6 Å². The minimum Gasteiger partial charge on any atom is -0.379 e. The zero-order valence-electron chi connectivity index (χ0n) is 11.6. The van der Waals surface area contributed by atoms with Gasteiger partial charge in [-0.3, -0.25) is 4.90 Å². The Balaban J connectivity index is 1.97. The Kier molecular flexibility index (Phi) is 4.29. The summed E-state index contributed by atoms with van der Waals surface area (Å²) in [5.74, 6) is -0.340. The lowest BCUT2D eigenvalue weighted by Crippen LogP contribution is -2.52. The molecule has 1 saturated heterocycles. The molecule has 3 rings (SSSR count). The first-order valence-corrected chi connectivity index (χ1v) is 7.70. The Bertz CT molecular complexity index is 468. The fraction of sp³-hybridized carbons (Fsp3) is 0.562. The van der Waals surface area contributed by atoms with E-state index in [1.807, 2.05) is 12.1 Å². The van der Waals surface area contributed by atoms with Gasteiger partial charge in [0.1, 0.15) is 5.82 Å². The van der Waals surface area contributed by atoms with Gasteiger partial charge in [0, 0.05) is 18.6 Å². The van der Waals surface area contributed by atoms with E-state index in [1.54, 1.807) is 0 Å². The number of nitrogens with zero attached hydrogens (tertiary/aromatic N) is 1. The van der Waals surface area contributed by atoms with Crippen LogP contribution in [0.25, 0.3) is 0 Å². The highest BCUT2D eigenvalue weighted by atomic mass is 35.5. The molecule has 1 radical (unpaired) electrons. The molecular weight excluding hydrogens is 277 g/mol. The van der Waals surface area contributed by atoms with Gasteiger partial charge < -0.3 is 4.74 Å². The Hall–Kier alpha value is -0.640. The molecule has 2 aliphatic rings. The highest BCUT2D eigenvalue weighted by Crippen LogP contribution is 2.43. The maximum Gasteiger partial charge on any atom is 0.141 e. The summed E-state index contributed by atoms with van der Waals surface area (Å²) in [6.45, 7) is 3.42. The van der Waals surface area contributed by atoms with Crippen molar-refractivity contribution in [2.24, 2.45) is 0 Å². The van der Waals surface area contributed by atoms with Crippen molar-refractivity contribution in [2.45, 2.75) is 31.2 Å². The lowest BCUT2D eigenvalue weighted by molar-refractivity contribution is -0.0344. The number of hydrogen-bond donors (Lipinski definition) is 0. The SMILES string of the molecule is Fc1ccc(C2(N3CCOCC3)C[CH]CCC2)cc1Cl. The van der Waals surface area contributed by atoms with E-state index in [0.29, 0.717) is 0 Å². The third-order valence-corrected chi connectivity index (χ3v) is 4.84. The van der Waals surface area contributed by atoms with Crippen molar-refractivity contribution in [3.05, 3.63) is 41.0 Å².